The second kappa shape index (κ2) is 7.09. The zero-order valence-corrected chi connectivity index (χ0v) is 11.8. The summed E-state index contributed by atoms with van der Waals surface area (Å²) in [6.07, 6.45) is 2.00. The zero-order chi connectivity index (χ0) is 14.4. The fourth-order valence-corrected chi connectivity index (χ4v) is 2.16. The van der Waals surface area contributed by atoms with Crippen LogP contribution in [-0.4, -0.2) is 44.9 Å². The SMILES string of the molecule is COc1ccc(C(=O)NCC[C@H]2CCOC2)c(OC)n1. The quantitative estimate of drug-likeness (QED) is 0.849. The number of nitrogens with one attached hydrogen (secondary N) is 1. The van der Waals surface area contributed by atoms with Crippen LogP contribution in [0.3, 0.4) is 0 Å². The maximum Gasteiger partial charge on any atom is 0.256 e. The van der Waals surface area contributed by atoms with E-state index in [9.17, 15) is 4.79 Å². The molecule has 1 N–H and O–H groups in total. The van der Waals surface area contributed by atoms with E-state index in [1.165, 1.54) is 14.2 Å². The first kappa shape index (κ1) is 14.6. The van der Waals surface area contributed by atoms with E-state index in [1.807, 2.05) is 0 Å². The second-order valence-corrected chi connectivity index (χ2v) is 4.68. The minimum atomic E-state index is -0.184. The molecule has 0 saturated carbocycles. The van der Waals surface area contributed by atoms with Gasteiger partial charge in [-0.3, -0.25) is 4.79 Å². The van der Waals surface area contributed by atoms with Crippen LogP contribution < -0.4 is 14.8 Å². The van der Waals surface area contributed by atoms with E-state index in [2.05, 4.69) is 10.3 Å². The predicted octanol–water partition coefficient (Wildman–Crippen LogP) is 1.26. The molecule has 1 aliphatic rings. The van der Waals surface area contributed by atoms with Crippen molar-refractivity contribution in [2.45, 2.75) is 12.8 Å². The van der Waals surface area contributed by atoms with Crippen molar-refractivity contribution in [3.8, 4) is 11.8 Å². The van der Waals surface area contributed by atoms with Crippen molar-refractivity contribution in [1.29, 1.82) is 0 Å². The molecule has 1 aromatic heterocycles. The van der Waals surface area contributed by atoms with Crippen LogP contribution in [0.25, 0.3) is 0 Å². The largest absolute Gasteiger partial charge is 0.481 e. The third-order valence-electron chi connectivity index (χ3n) is 3.34. The van der Waals surface area contributed by atoms with Gasteiger partial charge in [0, 0.05) is 25.8 Å². The average Bonchev–Trinajstić information content (AvgIpc) is 2.99. The first-order valence-electron chi connectivity index (χ1n) is 6.69. The Morgan fingerprint density at radius 3 is 2.95 bits per heavy atom. The maximum absolute atomic E-state index is 12.1. The second-order valence-electron chi connectivity index (χ2n) is 4.68. The van der Waals surface area contributed by atoms with Crippen molar-refractivity contribution in [3.63, 3.8) is 0 Å². The van der Waals surface area contributed by atoms with Crippen molar-refractivity contribution < 1.29 is 19.0 Å². The number of hydrogen-bond donors (Lipinski definition) is 1. The van der Waals surface area contributed by atoms with Gasteiger partial charge in [0.2, 0.25) is 11.8 Å². The van der Waals surface area contributed by atoms with Crippen molar-refractivity contribution in [1.82, 2.24) is 10.3 Å². The minimum Gasteiger partial charge on any atom is -0.481 e. The zero-order valence-electron chi connectivity index (χ0n) is 11.8. The molecule has 1 amide bonds. The van der Waals surface area contributed by atoms with E-state index in [0.717, 1.165) is 26.1 Å². The van der Waals surface area contributed by atoms with Crippen LogP contribution in [0.1, 0.15) is 23.2 Å². The maximum atomic E-state index is 12.1. The van der Waals surface area contributed by atoms with Gasteiger partial charge in [0.1, 0.15) is 5.56 Å². The molecule has 6 heteroatoms. The van der Waals surface area contributed by atoms with Gasteiger partial charge in [-0.05, 0) is 24.8 Å². The topological polar surface area (TPSA) is 69.7 Å². The Morgan fingerprint density at radius 1 is 1.45 bits per heavy atom. The Hall–Kier alpha value is -1.82. The van der Waals surface area contributed by atoms with E-state index in [4.69, 9.17) is 14.2 Å². The highest BCUT2D eigenvalue weighted by Crippen LogP contribution is 2.20. The summed E-state index contributed by atoms with van der Waals surface area (Å²) in [5.74, 6) is 1.05. The van der Waals surface area contributed by atoms with E-state index >= 15 is 0 Å². The summed E-state index contributed by atoms with van der Waals surface area (Å²) >= 11 is 0. The van der Waals surface area contributed by atoms with Crippen molar-refractivity contribution in [3.05, 3.63) is 17.7 Å². The number of rotatable bonds is 6. The Labute approximate surface area is 118 Å². The summed E-state index contributed by atoms with van der Waals surface area (Å²) in [5.41, 5.74) is 0.413. The third kappa shape index (κ3) is 3.60. The summed E-state index contributed by atoms with van der Waals surface area (Å²) in [4.78, 5) is 16.2. The Kier molecular flexibility index (Phi) is 5.17. The smallest absolute Gasteiger partial charge is 0.256 e. The molecular weight excluding hydrogens is 260 g/mol. The number of carbonyl (C=O) groups excluding carboxylic acids is 1. The third-order valence-corrected chi connectivity index (χ3v) is 3.34. The van der Waals surface area contributed by atoms with Gasteiger partial charge < -0.3 is 19.5 Å². The van der Waals surface area contributed by atoms with Crippen LogP contribution in [0.5, 0.6) is 11.8 Å². The van der Waals surface area contributed by atoms with Crippen LogP contribution in [-0.2, 0) is 4.74 Å². The van der Waals surface area contributed by atoms with Crippen LogP contribution in [0, 0.1) is 5.92 Å². The molecule has 20 heavy (non-hydrogen) atoms. The fraction of sp³-hybridized carbons (Fsp3) is 0.571. The molecule has 0 aromatic carbocycles. The highest BCUT2D eigenvalue weighted by atomic mass is 16.5. The number of hydrogen-bond acceptors (Lipinski definition) is 5. The van der Waals surface area contributed by atoms with Gasteiger partial charge in [0.25, 0.3) is 5.91 Å². The Bertz CT molecular complexity index is 458. The average molecular weight is 280 g/mol. The number of carbonyl (C=O) groups is 1. The molecule has 1 aromatic rings. The molecule has 0 aliphatic carbocycles. The lowest BCUT2D eigenvalue weighted by Crippen LogP contribution is -2.26. The highest BCUT2D eigenvalue weighted by molar-refractivity contribution is 5.96. The summed E-state index contributed by atoms with van der Waals surface area (Å²) in [7, 11) is 3.00. The summed E-state index contributed by atoms with van der Waals surface area (Å²) in [6.45, 7) is 2.25. The molecule has 0 bridgehead atoms. The summed E-state index contributed by atoms with van der Waals surface area (Å²) in [6, 6.07) is 3.29. The summed E-state index contributed by atoms with van der Waals surface area (Å²) in [5, 5.41) is 2.88. The molecule has 2 rings (SSSR count). The van der Waals surface area contributed by atoms with E-state index < -0.39 is 0 Å². The number of ether oxygens (including phenoxy) is 3. The highest BCUT2D eigenvalue weighted by Gasteiger charge is 2.17. The van der Waals surface area contributed by atoms with Crippen LogP contribution in [0.2, 0.25) is 0 Å². The van der Waals surface area contributed by atoms with E-state index in [1.54, 1.807) is 12.1 Å². The Morgan fingerprint density at radius 2 is 2.30 bits per heavy atom. The number of nitrogens with zero attached hydrogens (tertiary/aromatic N) is 1. The van der Waals surface area contributed by atoms with Crippen LogP contribution in [0.4, 0.5) is 0 Å². The first-order valence-corrected chi connectivity index (χ1v) is 6.69. The van der Waals surface area contributed by atoms with E-state index in [0.29, 0.717) is 23.9 Å². The van der Waals surface area contributed by atoms with Crippen LogP contribution in [0.15, 0.2) is 12.1 Å². The molecule has 1 fully saturated rings. The van der Waals surface area contributed by atoms with Gasteiger partial charge in [0.15, 0.2) is 0 Å². The summed E-state index contributed by atoms with van der Waals surface area (Å²) < 4.78 is 15.4. The monoisotopic (exact) mass is 280 g/mol. The molecule has 6 nitrogen and oxygen atoms in total. The predicted molar refractivity (Wildman–Crippen MR) is 73.2 cm³/mol. The molecule has 110 valence electrons. The van der Waals surface area contributed by atoms with Crippen molar-refractivity contribution in [2.75, 3.05) is 34.0 Å². The molecule has 1 saturated heterocycles. The van der Waals surface area contributed by atoms with Gasteiger partial charge >= 0.3 is 0 Å². The molecule has 0 spiro atoms. The number of aromatic nitrogens is 1. The molecule has 2 heterocycles. The molecule has 1 atom stereocenters. The van der Waals surface area contributed by atoms with E-state index in [-0.39, 0.29) is 11.8 Å². The number of methoxy groups -OCH3 is 2. The number of amides is 1. The molecule has 0 unspecified atom stereocenters. The standard InChI is InChI=1S/C14H20N2O4/c1-18-12-4-3-11(14(16-12)19-2)13(17)15-7-5-10-6-8-20-9-10/h3-4,10H,5-9H2,1-2H3,(H,15,17)/t10-/m0/s1. The van der Waals surface area contributed by atoms with Gasteiger partial charge in [-0.25, -0.2) is 0 Å². The molecule has 1 aliphatic heterocycles. The van der Waals surface area contributed by atoms with Gasteiger partial charge in [-0.2, -0.15) is 4.98 Å². The van der Waals surface area contributed by atoms with Crippen molar-refractivity contribution >= 4 is 5.91 Å². The lowest BCUT2D eigenvalue weighted by molar-refractivity contribution is 0.0946. The molecular formula is C14H20N2O4. The normalized spacial score (nSPS) is 17.8. The van der Waals surface area contributed by atoms with Crippen molar-refractivity contribution in [2.24, 2.45) is 5.92 Å². The fourth-order valence-electron chi connectivity index (χ4n) is 2.16. The molecule has 0 radical (unpaired) electrons. The number of pyridine rings is 1. The minimum absolute atomic E-state index is 0.184. The first-order chi connectivity index (χ1) is 9.74. The van der Waals surface area contributed by atoms with Gasteiger partial charge in [-0.15, -0.1) is 0 Å². The lowest BCUT2D eigenvalue weighted by Gasteiger charge is -2.11. The lowest BCUT2D eigenvalue weighted by atomic mass is 10.1. The van der Waals surface area contributed by atoms with Crippen LogP contribution >= 0.6 is 0 Å². The van der Waals surface area contributed by atoms with Gasteiger partial charge in [0.05, 0.1) is 14.2 Å². The van der Waals surface area contributed by atoms with Gasteiger partial charge in [-0.1, -0.05) is 0 Å². The Balaban J connectivity index is 1.90.